The molecule has 1 aromatic heterocycles. The lowest BCUT2D eigenvalue weighted by Crippen LogP contribution is -1.98. The van der Waals surface area contributed by atoms with Crippen molar-refractivity contribution in [2.75, 3.05) is 7.11 Å². The topological polar surface area (TPSA) is 91.8 Å². The van der Waals surface area contributed by atoms with Crippen molar-refractivity contribution in [2.45, 2.75) is 6.61 Å². The van der Waals surface area contributed by atoms with E-state index in [4.69, 9.17) is 13.9 Å². The molecule has 0 amide bonds. The van der Waals surface area contributed by atoms with Gasteiger partial charge in [-0.3, -0.25) is 14.9 Å². The standard InChI is InChI=1S/C21H17NO6/c1-26-21-5-3-2-4-19(21)20(23)13-12-17-10-11-18(28-17)14-27-16-8-6-15(7-9-16)22(24)25/h2-13H,14H2,1H3/b13-12+. The maximum Gasteiger partial charge on any atom is 0.269 e. The maximum absolute atomic E-state index is 12.3. The lowest BCUT2D eigenvalue weighted by molar-refractivity contribution is -0.384. The Hall–Kier alpha value is -3.87. The first-order valence-electron chi connectivity index (χ1n) is 8.38. The average Bonchev–Trinajstić information content (AvgIpc) is 3.18. The minimum Gasteiger partial charge on any atom is -0.496 e. The number of carbonyl (C=O) groups excluding carboxylic acids is 1. The van der Waals surface area contributed by atoms with E-state index in [1.54, 1.807) is 42.5 Å². The zero-order valence-corrected chi connectivity index (χ0v) is 15.0. The third-order valence-corrected chi connectivity index (χ3v) is 3.88. The van der Waals surface area contributed by atoms with E-state index in [1.165, 1.54) is 37.5 Å². The zero-order chi connectivity index (χ0) is 19.9. The summed E-state index contributed by atoms with van der Waals surface area (Å²) in [7, 11) is 1.51. The van der Waals surface area contributed by atoms with Crippen LogP contribution < -0.4 is 9.47 Å². The normalized spacial score (nSPS) is 10.8. The quantitative estimate of drug-likeness (QED) is 0.244. The largest absolute Gasteiger partial charge is 0.496 e. The molecule has 0 spiro atoms. The van der Waals surface area contributed by atoms with Crippen LogP contribution in [0.5, 0.6) is 11.5 Å². The molecule has 142 valence electrons. The summed E-state index contributed by atoms with van der Waals surface area (Å²) in [5.74, 6) is 1.87. The first-order valence-corrected chi connectivity index (χ1v) is 8.38. The first kappa shape index (κ1) is 18.9. The highest BCUT2D eigenvalue weighted by molar-refractivity contribution is 6.08. The smallest absolute Gasteiger partial charge is 0.269 e. The van der Waals surface area contributed by atoms with E-state index in [-0.39, 0.29) is 18.1 Å². The van der Waals surface area contributed by atoms with Gasteiger partial charge < -0.3 is 13.9 Å². The van der Waals surface area contributed by atoms with Crippen molar-refractivity contribution in [1.82, 2.24) is 0 Å². The minimum absolute atomic E-state index is 0.00233. The minimum atomic E-state index is -0.471. The molecule has 0 N–H and O–H groups in total. The Morgan fingerprint density at radius 2 is 1.86 bits per heavy atom. The fraction of sp³-hybridized carbons (Fsp3) is 0.0952. The van der Waals surface area contributed by atoms with Crippen LogP contribution in [-0.2, 0) is 6.61 Å². The van der Waals surface area contributed by atoms with E-state index in [1.807, 2.05) is 0 Å². The Morgan fingerprint density at radius 3 is 2.57 bits per heavy atom. The number of ether oxygens (including phenoxy) is 2. The van der Waals surface area contributed by atoms with Gasteiger partial charge in [0.1, 0.15) is 29.6 Å². The van der Waals surface area contributed by atoms with Crippen LogP contribution in [0.3, 0.4) is 0 Å². The number of nitrogens with zero attached hydrogens (tertiary/aromatic N) is 1. The molecule has 0 fully saturated rings. The number of carbonyl (C=O) groups is 1. The lowest BCUT2D eigenvalue weighted by Gasteiger charge is -2.04. The fourth-order valence-corrected chi connectivity index (χ4v) is 2.48. The third kappa shape index (κ3) is 4.64. The number of nitro groups is 1. The monoisotopic (exact) mass is 379 g/mol. The summed E-state index contributed by atoms with van der Waals surface area (Å²) >= 11 is 0. The van der Waals surface area contributed by atoms with Crippen molar-refractivity contribution < 1.29 is 23.6 Å². The van der Waals surface area contributed by atoms with Crippen LogP contribution in [0, 0.1) is 10.1 Å². The van der Waals surface area contributed by atoms with E-state index < -0.39 is 4.92 Å². The SMILES string of the molecule is COc1ccccc1C(=O)/C=C/c1ccc(COc2ccc([N+](=O)[O-])cc2)o1. The third-order valence-electron chi connectivity index (χ3n) is 3.88. The van der Waals surface area contributed by atoms with Gasteiger partial charge in [-0.15, -0.1) is 0 Å². The van der Waals surface area contributed by atoms with Gasteiger partial charge in [-0.05, 0) is 48.6 Å². The number of benzene rings is 2. The number of ketones is 1. The van der Waals surface area contributed by atoms with E-state index in [0.29, 0.717) is 28.6 Å². The highest BCUT2D eigenvalue weighted by Crippen LogP contribution is 2.21. The molecular formula is C21H17NO6. The van der Waals surface area contributed by atoms with Crippen molar-refractivity contribution in [3.63, 3.8) is 0 Å². The molecule has 0 saturated heterocycles. The van der Waals surface area contributed by atoms with Crippen LogP contribution in [0.25, 0.3) is 6.08 Å². The molecule has 0 aliphatic rings. The Kier molecular flexibility index (Phi) is 5.86. The molecule has 0 bridgehead atoms. The number of allylic oxidation sites excluding steroid dienone is 1. The highest BCUT2D eigenvalue weighted by atomic mass is 16.6. The number of non-ortho nitro benzene ring substituents is 1. The molecule has 0 unspecified atom stereocenters. The number of hydrogen-bond donors (Lipinski definition) is 0. The Labute approximate surface area is 161 Å². The highest BCUT2D eigenvalue weighted by Gasteiger charge is 2.09. The fourth-order valence-electron chi connectivity index (χ4n) is 2.48. The summed E-state index contributed by atoms with van der Waals surface area (Å²) in [6.07, 6.45) is 2.99. The van der Waals surface area contributed by atoms with Gasteiger partial charge in [0.25, 0.3) is 5.69 Å². The van der Waals surface area contributed by atoms with E-state index >= 15 is 0 Å². The number of methoxy groups -OCH3 is 1. The number of rotatable bonds is 8. The van der Waals surface area contributed by atoms with Crippen molar-refractivity contribution in [1.29, 1.82) is 0 Å². The van der Waals surface area contributed by atoms with Crippen LogP contribution in [0.1, 0.15) is 21.9 Å². The van der Waals surface area contributed by atoms with Crippen LogP contribution in [-0.4, -0.2) is 17.8 Å². The summed E-state index contributed by atoms with van der Waals surface area (Å²) in [6.45, 7) is 0.159. The van der Waals surface area contributed by atoms with Gasteiger partial charge >= 0.3 is 0 Å². The van der Waals surface area contributed by atoms with Gasteiger partial charge in [0.05, 0.1) is 17.6 Å². The molecule has 3 aromatic rings. The van der Waals surface area contributed by atoms with Gasteiger partial charge in [-0.2, -0.15) is 0 Å². The first-order chi connectivity index (χ1) is 13.6. The van der Waals surface area contributed by atoms with Crippen molar-refractivity contribution >= 4 is 17.5 Å². The second-order valence-electron chi connectivity index (χ2n) is 5.74. The van der Waals surface area contributed by atoms with Gasteiger partial charge in [-0.25, -0.2) is 0 Å². The molecule has 0 aliphatic carbocycles. The second kappa shape index (κ2) is 8.68. The molecule has 0 saturated carbocycles. The molecule has 2 aromatic carbocycles. The molecule has 7 heteroatoms. The van der Waals surface area contributed by atoms with Crippen LogP contribution in [0.4, 0.5) is 5.69 Å². The number of furan rings is 1. The Morgan fingerprint density at radius 1 is 1.11 bits per heavy atom. The molecule has 7 nitrogen and oxygen atoms in total. The molecule has 0 radical (unpaired) electrons. The summed E-state index contributed by atoms with van der Waals surface area (Å²) in [5, 5.41) is 10.6. The predicted molar refractivity (Wildman–Crippen MR) is 102 cm³/mol. The van der Waals surface area contributed by atoms with E-state index in [2.05, 4.69) is 0 Å². The van der Waals surface area contributed by atoms with E-state index in [9.17, 15) is 14.9 Å². The lowest BCUT2D eigenvalue weighted by atomic mass is 10.1. The number of hydrogen-bond acceptors (Lipinski definition) is 6. The molecule has 3 rings (SSSR count). The summed E-state index contributed by atoms with van der Waals surface area (Å²) in [5.41, 5.74) is 0.465. The molecule has 1 heterocycles. The van der Waals surface area contributed by atoms with Gasteiger partial charge in [0.2, 0.25) is 0 Å². The average molecular weight is 379 g/mol. The van der Waals surface area contributed by atoms with Crippen molar-refractivity contribution in [2.24, 2.45) is 0 Å². The Bertz CT molecular complexity index is 1000. The summed E-state index contributed by atoms with van der Waals surface area (Å²) in [4.78, 5) is 22.5. The van der Waals surface area contributed by atoms with Crippen molar-refractivity contribution in [3.05, 3.63) is 93.9 Å². The van der Waals surface area contributed by atoms with Crippen LogP contribution in [0.15, 0.2) is 71.2 Å². The van der Waals surface area contributed by atoms with Gasteiger partial charge in [0, 0.05) is 12.1 Å². The number of para-hydroxylation sites is 1. The summed E-state index contributed by atoms with van der Waals surface area (Å²) in [6, 6.07) is 16.2. The van der Waals surface area contributed by atoms with Gasteiger partial charge in [0.15, 0.2) is 5.78 Å². The van der Waals surface area contributed by atoms with Gasteiger partial charge in [-0.1, -0.05) is 12.1 Å². The predicted octanol–water partition coefficient (Wildman–Crippen LogP) is 4.67. The van der Waals surface area contributed by atoms with Crippen LogP contribution >= 0.6 is 0 Å². The van der Waals surface area contributed by atoms with Crippen molar-refractivity contribution in [3.8, 4) is 11.5 Å². The zero-order valence-electron chi connectivity index (χ0n) is 15.0. The van der Waals surface area contributed by atoms with E-state index in [0.717, 1.165) is 0 Å². The van der Waals surface area contributed by atoms with Crippen LogP contribution in [0.2, 0.25) is 0 Å². The molecular weight excluding hydrogens is 362 g/mol. The Balaban J connectivity index is 1.60. The number of nitro benzene ring substituents is 1. The molecule has 28 heavy (non-hydrogen) atoms. The maximum atomic E-state index is 12.3. The molecule has 0 atom stereocenters. The second-order valence-corrected chi connectivity index (χ2v) is 5.74. The molecule has 0 aliphatic heterocycles. The summed E-state index contributed by atoms with van der Waals surface area (Å²) < 4.78 is 16.3.